The van der Waals surface area contributed by atoms with Gasteiger partial charge in [-0.2, -0.15) is 0 Å². The predicted molar refractivity (Wildman–Crippen MR) is 117 cm³/mol. The first-order chi connectivity index (χ1) is 13.6. The molecule has 0 bridgehead atoms. The summed E-state index contributed by atoms with van der Waals surface area (Å²) in [4.78, 5) is 23.0. The van der Waals surface area contributed by atoms with Crippen molar-refractivity contribution in [1.82, 2.24) is 0 Å². The van der Waals surface area contributed by atoms with Gasteiger partial charge in [-0.15, -0.1) is 0 Å². The average molecular weight is 417 g/mol. The zero-order valence-electron chi connectivity index (χ0n) is 19.3. The van der Waals surface area contributed by atoms with Crippen LogP contribution in [-0.4, -0.2) is 66.5 Å². The summed E-state index contributed by atoms with van der Waals surface area (Å²) in [7, 11) is 5.86. The molecule has 0 saturated carbocycles. The minimum Gasteiger partial charge on any atom is -0.481 e. The van der Waals surface area contributed by atoms with Gasteiger partial charge in [0.1, 0.15) is 6.54 Å². The molecule has 0 fully saturated rings. The number of unbranched alkanes of at least 4 members (excludes halogenated alkanes) is 8. The lowest BCUT2D eigenvalue weighted by Gasteiger charge is -2.28. The summed E-state index contributed by atoms with van der Waals surface area (Å²) in [6.45, 7) is 2.67. The highest BCUT2D eigenvalue weighted by Crippen LogP contribution is 2.14. The van der Waals surface area contributed by atoms with Crippen LogP contribution in [-0.2, 0) is 14.3 Å². The molecule has 0 aliphatic carbocycles. The van der Waals surface area contributed by atoms with E-state index in [1.165, 1.54) is 19.3 Å². The highest BCUT2D eigenvalue weighted by molar-refractivity contribution is 5.71. The zero-order chi connectivity index (χ0) is 22.1. The lowest BCUT2D eigenvalue weighted by Crippen LogP contribution is -2.43. The van der Waals surface area contributed by atoms with Crippen LogP contribution in [0.1, 0.15) is 96.8 Å². The van der Waals surface area contributed by atoms with Crippen LogP contribution >= 0.6 is 0 Å². The molecule has 2 N–H and O–H groups in total. The van der Waals surface area contributed by atoms with Crippen molar-refractivity contribution in [2.75, 3.05) is 27.7 Å². The van der Waals surface area contributed by atoms with E-state index in [9.17, 15) is 14.7 Å². The smallest absolute Gasteiger partial charge is 0.307 e. The molecule has 0 aliphatic rings. The molecule has 29 heavy (non-hydrogen) atoms. The third kappa shape index (κ3) is 19.9. The number of likely N-dealkylation sites (N-methyl/N-ethyl adjacent to an activating group) is 1. The number of carboxylic acid groups (broad SMARTS) is 1. The van der Waals surface area contributed by atoms with Crippen molar-refractivity contribution in [3.63, 3.8) is 0 Å². The number of hydrogen-bond donors (Lipinski definition) is 2. The number of rotatable bonds is 19. The van der Waals surface area contributed by atoms with Gasteiger partial charge in [0.2, 0.25) is 0 Å². The topological polar surface area (TPSA) is 83.8 Å². The zero-order valence-corrected chi connectivity index (χ0v) is 19.3. The van der Waals surface area contributed by atoms with Crippen molar-refractivity contribution in [3.8, 4) is 0 Å². The van der Waals surface area contributed by atoms with Crippen LogP contribution < -0.4 is 0 Å². The first kappa shape index (κ1) is 27.9. The number of aliphatic carboxylic acids is 1. The van der Waals surface area contributed by atoms with E-state index in [4.69, 9.17) is 9.84 Å². The van der Waals surface area contributed by atoms with Crippen LogP contribution in [0, 0.1) is 0 Å². The van der Waals surface area contributed by atoms with E-state index in [-0.39, 0.29) is 18.5 Å². The molecule has 0 aromatic heterocycles. The number of quaternary nitrogens is 1. The number of carbonyl (C=O) groups is 2. The second-order valence-electron chi connectivity index (χ2n) is 9.35. The molecule has 2 unspecified atom stereocenters. The number of esters is 1. The van der Waals surface area contributed by atoms with E-state index in [1.807, 2.05) is 21.1 Å². The Labute approximate surface area is 178 Å². The van der Waals surface area contributed by atoms with E-state index in [2.05, 4.69) is 6.92 Å². The van der Waals surface area contributed by atoms with Crippen LogP contribution in [0.4, 0.5) is 0 Å². The fourth-order valence-corrected chi connectivity index (χ4v) is 3.50. The maximum Gasteiger partial charge on any atom is 0.307 e. The molecule has 6 heteroatoms. The number of aliphatic hydroxyl groups excluding tert-OH is 1. The second kappa shape index (κ2) is 16.6. The van der Waals surface area contributed by atoms with Crippen LogP contribution in [0.15, 0.2) is 0 Å². The van der Waals surface area contributed by atoms with Gasteiger partial charge in [-0.1, -0.05) is 64.7 Å². The minimum atomic E-state index is -0.940. The Morgan fingerprint density at radius 3 is 1.90 bits per heavy atom. The SMILES string of the molecule is CCCCCC(O)CCCCCCCCCC(=O)OC(CC(=O)O)C[N+](C)(C)C. The monoisotopic (exact) mass is 416 g/mol. The Balaban J connectivity index is 3.71. The average Bonchev–Trinajstić information content (AvgIpc) is 2.58. The minimum absolute atomic E-state index is 0.130. The summed E-state index contributed by atoms with van der Waals surface area (Å²) in [5.41, 5.74) is 0. The number of carbonyl (C=O) groups excluding carboxylic acids is 1. The van der Waals surface area contributed by atoms with Gasteiger partial charge in [-0.05, 0) is 19.3 Å². The standard InChI is InChI=1S/C23H45NO5/c1-5-6-12-15-20(25)16-13-10-8-7-9-11-14-17-23(28)29-21(18-22(26)27)19-24(2,3)4/h20-21,25H,5-19H2,1-4H3/p+1. The van der Waals surface area contributed by atoms with Crippen molar-refractivity contribution >= 4 is 11.9 Å². The van der Waals surface area contributed by atoms with Gasteiger partial charge in [0.15, 0.2) is 6.10 Å². The molecule has 0 spiro atoms. The lowest BCUT2D eigenvalue weighted by molar-refractivity contribution is -0.873. The molecule has 6 nitrogen and oxygen atoms in total. The molecule has 0 aromatic rings. The summed E-state index contributed by atoms with van der Waals surface area (Å²) >= 11 is 0. The molecular weight excluding hydrogens is 370 g/mol. The summed E-state index contributed by atoms with van der Waals surface area (Å²) in [5, 5.41) is 18.9. The van der Waals surface area contributed by atoms with Crippen molar-refractivity contribution < 1.29 is 29.0 Å². The van der Waals surface area contributed by atoms with Crippen LogP contribution in [0.2, 0.25) is 0 Å². The predicted octanol–water partition coefficient (Wildman–Crippen LogP) is 4.53. The third-order valence-electron chi connectivity index (χ3n) is 5.01. The lowest BCUT2D eigenvalue weighted by atomic mass is 10.0. The van der Waals surface area contributed by atoms with E-state index in [0.717, 1.165) is 57.8 Å². The van der Waals surface area contributed by atoms with Crippen molar-refractivity contribution in [2.24, 2.45) is 0 Å². The van der Waals surface area contributed by atoms with Gasteiger partial charge in [0.25, 0.3) is 0 Å². The first-order valence-electron chi connectivity index (χ1n) is 11.5. The van der Waals surface area contributed by atoms with E-state index >= 15 is 0 Å². The molecule has 172 valence electrons. The number of hydrogen-bond acceptors (Lipinski definition) is 4. The van der Waals surface area contributed by atoms with Crippen LogP contribution in [0.25, 0.3) is 0 Å². The largest absolute Gasteiger partial charge is 0.481 e. The Morgan fingerprint density at radius 2 is 1.38 bits per heavy atom. The fourth-order valence-electron chi connectivity index (χ4n) is 3.50. The van der Waals surface area contributed by atoms with Gasteiger partial charge in [-0.25, -0.2) is 0 Å². The van der Waals surface area contributed by atoms with Gasteiger partial charge < -0.3 is 19.4 Å². The third-order valence-corrected chi connectivity index (χ3v) is 5.01. The molecule has 0 rings (SSSR count). The highest BCUT2D eigenvalue weighted by Gasteiger charge is 2.24. The summed E-state index contributed by atoms with van der Waals surface area (Å²) in [5.74, 6) is -1.23. The summed E-state index contributed by atoms with van der Waals surface area (Å²) in [6.07, 6.45) is 12.4. The van der Waals surface area contributed by atoms with Crippen LogP contribution in [0.3, 0.4) is 0 Å². The van der Waals surface area contributed by atoms with Crippen LogP contribution in [0.5, 0.6) is 0 Å². The number of aliphatic hydroxyl groups is 1. The van der Waals surface area contributed by atoms with Gasteiger partial charge in [-0.3, -0.25) is 9.59 Å². The Morgan fingerprint density at radius 1 is 0.862 bits per heavy atom. The molecule has 0 radical (unpaired) electrons. The van der Waals surface area contributed by atoms with Gasteiger partial charge in [0, 0.05) is 6.42 Å². The second-order valence-corrected chi connectivity index (χ2v) is 9.35. The maximum atomic E-state index is 12.0. The van der Waals surface area contributed by atoms with Crippen molar-refractivity contribution in [2.45, 2.75) is 109 Å². The van der Waals surface area contributed by atoms with E-state index in [1.54, 1.807) is 0 Å². The molecule has 0 saturated heterocycles. The number of carboxylic acids is 1. The Kier molecular flexibility index (Phi) is 16.0. The van der Waals surface area contributed by atoms with Crippen molar-refractivity contribution in [1.29, 1.82) is 0 Å². The molecule has 2 atom stereocenters. The van der Waals surface area contributed by atoms with E-state index in [0.29, 0.717) is 17.4 Å². The molecular formula is C23H46NO5+. The quantitative estimate of drug-likeness (QED) is 0.184. The molecule has 0 aromatic carbocycles. The molecule has 0 amide bonds. The maximum absolute atomic E-state index is 12.0. The van der Waals surface area contributed by atoms with Gasteiger partial charge in [0.05, 0.1) is 33.7 Å². The van der Waals surface area contributed by atoms with E-state index < -0.39 is 12.1 Å². The summed E-state index contributed by atoms with van der Waals surface area (Å²) < 4.78 is 5.95. The highest BCUT2D eigenvalue weighted by atomic mass is 16.5. The molecule has 0 heterocycles. The normalized spacial score (nSPS) is 13.8. The molecule has 0 aliphatic heterocycles. The first-order valence-corrected chi connectivity index (χ1v) is 11.5. The Hall–Kier alpha value is -1.14. The number of nitrogens with zero attached hydrogens (tertiary/aromatic N) is 1. The summed E-state index contributed by atoms with van der Waals surface area (Å²) in [6, 6.07) is 0. The number of ether oxygens (including phenoxy) is 1. The Bertz CT molecular complexity index is 433. The fraction of sp³-hybridized carbons (Fsp3) is 0.913. The van der Waals surface area contributed by atoms with Crippen molar-refractivity contribution in [3.05, 3.63) is 0 Å². The van der Waals surface area contributed by atoms with Gasteiger partial charge >= 0.3 is 11.9 Å².